The Morgan fingerprint density at radius 2 is 1.93 bits per heavy atom. The van der Waals surface area contributed by atoms with Crippen molar-refractivity contribution < 1.29 is 4.42 Å². The molecule has 5 rings (SSSR count). The normalized spacial score (nSPS) is 15.3. The number of nitrogens with zero attached hydrogens (tertiary/aromatic N) is 4. The number of benzene rings is 1. The summed E-state index contributed by atoms with van der Waals surface area (Å²) in [5, 5.41) is 4.80. The van der Waals surface area contributed by atoms with Gasteiger partial charge in [-0.05, 0) is 41.1 Å². The van der Waals surface area contributed by atoms with Gasteiger partial charge < -0.3 is 9.32 Å². The van der Waals surface area contributed by atoms with Crippen molar-refractivity contribution in [1.29, 1.82) is 0 Å². The van der Waals surface area contributed by atoms with Crippen molar-refractivity contribution in [3.63, 3.8) is 0 Å². The Bertz CT molecular complexity index is 1280. The van der Waals surface area contributed by atoms with Gasteiger partial charge in [0.25, 0.3) is 0 Å². The molecular formula is C22H21ClN4O2S. The predicted octanol–water partition coefficient (Wildman–Crippen LogP) is 4.34. The molecule has 1 saturated heterocycles. The first kappa shape index (κ1) is 19.5. The lowest BCUT2D eigenvalue weighted by molar-refractivity contribution is 0.250. The summed E-state index contributed by atoms with van der Waals surface area (Å²) in [6.07, 6.45) is 2.44. The third-order valence-corrected chi connectivity index (χ3v) is 6.86. The molecule has 8 heteroatoms. The van der Waals surface area contributed by atoms with E-state index in [2.05, 4.69) is 31.2 Å². The van der Waals surface area contributed by atoms with Gasteiger partial charge in [-0.3, -0.25) is 4.90 Å². The molecule has 0 atom stereocenters. The molecule has 0 radical (unpaired) electrons. The standard InChI is InChI=1S/C22H21ClN4O2S/c1-2-14-9-19-17(11-18(14)23)15(10-20(28)29-19)12-26-4-6-27(7-5-26)21-16-3-8-30-22(16)25-13-24-21/h3,8-11,13H,2,4-7,12H2,1H3. The Morgan fingerprint density at radius 3 is 2.73 bits per heavy atom. The number of rotatable bonds is 4. The van der Waals surface area contributed by atoms with E-state index in [1.165, 1.54) is 0 Å². The van der Waals surface area contributed by atoms with Crippen LogP contribution in [-0.2, 0) is 13.0 Å². The molecule has 1 aliphatic rings. The lowest BCUT2D eigenvalue weighted by Gasteiger charge is -2.35. The molecule has 0 saturated carbocycles. The van der Waals surface area contributed by atoms with E-state index in [0.717, 1.165) is 65.1 Å². The smallest absolute Gasteiger partial charge is 0.336 e. The molecule has 0 unspecified atom stereocenters. The molecular weight excluding hydrogens is 420 g/mol. The summed E-state index contributed by atoms with van der Waals surface area (Å²) in [6.45, 7) is 6.26. The maximum absolute atomic E-state index is 12.1. The average Bonchev–Trinajstić information content (AvgIpc) is 3.23. The van der Waals surface area contributed by atoms with Crippen LogP contribution in [0.5, 0.6) is 0 Å². The van der Waals surface area contributed by atoms with E-state index in [9.17, 15) is 4.79 Å². The number of hydrogen-bond acceptors (Lipinski definition) is 7. The molecule has 4 heterocycles. The molecule has 0 amide bonds. The Labute approximate surface area is 182 Å². The second-order valence-electron chi connectivity index (χ2n) is 7.48. The zero-order chi connectivity index (χ0) is 20.7. The Hall–Kier alpha value is -2.48. The molecule has 0 N–H and O–H groups in total. The van der Waals surface area contributed by atoms with Gasteiger partial charge in [-0.25, -0.2) is 14.8 Å². The number of halogens is 1. The van der Waals surface area contributed by atoms with Crippen LogP contribution < -0.4 is 10.5 Å². The van der Waals surface area contributed by atoms with Crippen LogP contribution >= 0.6 is 22.9 Å². The fourth-order valence-electron chi connectivity index (χ4n) is 4.08. The molecule has 3 aromatic heterocycles. The molecule has 0 aliphatic carbocycles. The number of piperazine rings is 1. The highest BCUT2D eigenvalue weighted by molar-refractivity contribution is 7.16. The Morgan fingerprint density at radius 1 is 1.10 bits per heavy atom. The van der Waals surface area contributed by atoms with Gasteiger partial charge in [-0.2, -0.15) is 0 Å². The summed E-state index contributed by atoms with van der Waals surface area (Å²) >= 11 is 8.07. The van der Waals surface area contributed by atoms with Crippen molar-refractivity contribution in [2.45, 2.75) is 19.9 Å². The maximum atomic E-state index is 12.1. The van der Waals surface area contributed by atoms with Crippen molar-refractivity contribution in [3.05, 3.63) is 62.5 Å². The SMILES string of the molecule is CCc1cc2oc(=O)cc(CN3CCN(c4ncnc5sccc45)CC3)c2cc1Cl. The van der Waals surface area contributed by atoms with Gasteiger partial charge in [0.2, 0.25) is 0 Å². The highest BCUT2D eigenvalue weighted by atomic mass is 35.5. The summed E-state index contributed by atoms with van der Waals surface area (Å²) in [4.78, 5) is 26.7. The highest BCUT2D eigenvalue weighted by Crippen LogP contribution is 2.29. The van der Waals surface area contributed by atoms with Crippen LogP contribution in [0.4, 0.5) is 5.82 Å². The van der Waals surface area contributed by atoms with E-state index in [-0.39, 0.29) is 5.63 Å². The van der Waals surface area contributed by atoms with E-state index < -0.39 is 0 Å². The summed E-state index contributed by atoms with van der Waals surface area (Å²) < 4.78 is 5.44. The van der Waals surface area contributed by atoms with Crippen LogP contribution in [0, 0.1) is 0 Å². The van der Waals surface area contributed by atoms with Gasteiger partial charge in [0, 0.05) is 49.2 Å². The number of thiophene rings is 1. The monoisotopic (exact) mass is 440 g/mol. The minimum Gasteiger partial charge on any atom is -0.423 e. The first-order valence-corrected chi connectivity index (χ1v) is 11.3. The van der Waals surface area contributed by atoms with Crippen LogP contribution in [0.3, 0.4) is 0 Å². The molecule has 1 aromatic carbocycles. The Kier molecular flexibility index (Phi) is 5.18. The van der Waals surface area contributed by atoms with E-state index in [4.69, 9.17) is 16.0 Å². The van der Waals surface area contributed by atoms with Gasteiger partial charge in [0.15, 0.2) is 0 Å². The van der Waals surface area contributed by atoms with Crippen molar-refractivity contribution >= 4 is 49.9 Å². The lowest BCUT2D eigenvalue weighted by Crippen LogP contribution is -2.46. The molecule has 1 fully saturated rings. The fourth-order valence-corrected chi connectivity index (χ4v) is 5.10. The van der Waals surface area contributed by atoms with Crippen LogP contribution in [0.15, 0.2) is 45.2 Å². The molecule has 154 valence electrons. The second kappa shape index (κ2) is 7.98. The summed E-state index contributed by atoms with van der Waals surface area (Å²) in [5.74, 6) is 1.01. The summed E-state index contributed by atoms with van der Waals surface area (Å²) in [7, 11) is 0. The zero-order valence-electron chi connectivity index (χ0n) is 16.6. The quantitative estimate of drug-likeness (QED) is 0.440. The zero-order valence-corrected chi connectivity index (χ0v) is 18.2. The number of aryl methyl sites for hydroxylation is 1. The van der Waals surface area contributed by atoms with Gasteiger partial charge in [0.1, 0.15) is 22.6 Å². The maximum Gasteiger partial charge on any atom is 0.336 e. The molecule has 4 aromatic rings. The molecule has 0 bridgehead atoms. The molecule has 6 nitrogen and oxygen atoms in total. The highest BCUT2D eigenvalue weighted by Gasteiger charge is 2.21. The molecule has 30 heavy (non-hydrogen) atoms. The van der Waals surface area contributed by atoms with E-state index in [1.807, 2.05) is 19.1 Å². The minimum absolute atomic E-state index is 0.318. The molecule has 0 spiro atoms. The van der Waals surface area contributed by atoms with Crippen LogP contribution in [-0.4, -0.2) is 41.0 Å². The van der Waals surface area contributed by atoms with Crippen molar-refractivity contribution in [2.75, 3.05) is 31.1 Å². The minimum atomic E-state index is -0.318. The molecule has 1 aliphatic heterocycles. The van der Waals surface area contributed by atoms with Gasteiger partial charge >= 0.3 is 5.63 Å². The van der Waals surface area contributed by atoms with Crippen molar-refractivity contribution in [2.24, 2.45) is 0 Å². The number of anilines is 1. The number of fused-ring (bicyclic) bond motifs is 2. The predicted molar refractivity (Wildman–Crippen MR) is 122 cm³/mol. The third-order valence-electron chi connectivity index (χ3n) is 5.68. The van der Waals surface area contributed by atoms with E-state index in [1.54, 1.807) is 23.7 Å². The third kappa shape index (κ3) is 3.57. The van der Waals surface area contributed by atoms with Gasteiger partial charge in [-0.1, -0.05) is 18.5 Å². The van der Waals surface area contributed by atoms with E-state index >= 15 is 0 Å². The van der Waals surface area contributed by atoms with Gasteiger partial charge in [-0.15, -0.1) is 11.3 Å². The van der Waals surface area contributed by atoms with Gasteiger partial charge in [0.05, 0.1) is 5.39 Å². The summed E-state index contributed by atoms with van der Waals surface area (Å²) in [6, 6.07) is 7.50. The number of aromatic nitrogens is 2. The first-order valence-electron chi connectivity index (χ1n) is 10.0. The fraction of sp³-hybridized carbons (Fsp3) is 0.318. The average molecular weight is 441 g/mol. The van der Waals surface area contributed by atoms with E-state index in [0.29, 0.717) is 17.2 Å². The Balaban J connectivity index is 1.36. The first-order chi connectivity index (χ1) is 14.6. The van der Waals surface area contributed by atoms with Crippen LogP contribution in [0.1, 0.15) is 18.1 Å². The topological polar surface area (TPSA) is 62.5 Å². The van der Waals surface area contributed by atoms with Crippen LogP contribution in [0.2, 0.25) is 5.02 Å². The largest absolute Gasteiger partial charge is 0.423 e. The second-order valence-corrected chi connectivity index (χ2v) is 8.79. The summed E-state index contributed by atoms with van der Waals surface area (Å²) in [5.41, 5.74) is 2.24. The van der Waals surface area contributed by atoms with Crippen LogP contribution in [0.25, 0.3) is 21.2 Å². The lowest BCUT2D eigenvalue weighted by atomic mass is 10.1. The van der Waals surface area contributed by atoms with Crippen molar-refractivity contribution in [3.8, 4) is 0 Å². The number of hydrogen-bond donors (Lipinski definition) is 0. The van der Waals surface area contributed by atoms with Crippen molar-refractivity contribution in [1.82, 2.24) is 14.9 Å².